The number of carbonyl (C=O) groups is 1. The van der Waals surface area contributed by atoms with Gasteiger partial charge < -0.3 is 29.4 Å². The van der Waals surface area contributed by atoms with Gasteiger partial charge in [-0.2, -0.15) is 0 Å². The van der Waals surface area contributed by atoms with E-state index >= 15 is 0 Å². The van der Waals surface area contributed by atoms with Crippen LogP contribution < -0.4 is 24.3 Å². The maximum atomic E-state index is 13.0. The first-order valence-electron chi connectivity index (χ1n) is 18.6. The second-order valence-electron chi connectivity index (χ2n) is 14.4. The van der Waals surface area contributed by atoms with Gasteiger partial charge in [-0.1, -0.05) is 37.6 Å². The maximum absolute atomic E-state index is 13.0. The van der Waals surface area contributed by atoms with Crippen LogP contribution in [0.5, 0.6) is 34.5 Å². The summed E-state index contributed by atoms with van der Waals surface area (Å²) in [5.74, 6) is 3.86. The summed E-state index contributed by atoms with van der Waals surface area (Å²) >= 11 is 0. The van der Waals surface area contributed by atoms with Crippen molar-refractivity contribution in [2.75, 3.05) is 47.9 Å². The molecule has 0 aliphatic carbocycles. The molecule has 6 bridgehead atoms. The molecule has 0 saturated heterocycles. The van der Waals surface area contributed by atoms with Crippen molar-refractivity contribution in [3.05, 3.63) is 105 Å². The maximum Gasteiger partial charge on any atom is 0.224 e. The van der Waals surface area contributed by atoms with E-state index < -0.39 is 0 Å². The van der Waals surface area contributed by atoms with Crippen molar-refractivity contribution in [1.29, 1.82) is 0 Å². The van der Waals surface area contributed by atoms with Crippen LogP contribution in [-0.2, 0) is 43.5 Å². The van der Waals surface area contributed by atoms with Crippen molar-refractivity contribution < 1.29 is 28.8 Å². The van der Waals surface area contributed by atoms with Gasteiger partial charge in [-0.25, -0.2) is 0 Å². The van der Waals surface area contributed by atoms with E-state index in [1.165, 1.54) is 11.1 Å². The number of amides is 1. The van der Waals surface area contributed by atoms with Gasteiger partial charge in [0.1, 0.15) is 11.5 Å². The average molecular weight is 706 g/mol. The second-order valence-corrected chi connectivity index (χ2v) is 14.4. The fourth-order valence-electron chi connectivity index (χ4n) is 8.04. The Labute approximate surface area is 307 Å². The lowest BCUT2D eigenvalue weighted by Gasteiger charge is -2.37. The lowest BCUT2D eigenvalue weighted by atomic mass is 9.86. The van der Waals surface area contributed by atoms with Gasteiger partial charge in [-0.3, -0.25) is 14.6 Å². The highest BCUT2D eigenvalue weighted by Crippen LogP contribution is 2.50. The monoisotopic (exact) mass is 705 g/mol. The molecule has 2 atom stereocenters. The first-order chi connectivity index (χ1) is 25.3. The summed E-state index contributed by atoms with van der Waals surface area (Å²) in [6, 6.07) is 20.9. The number of aliphatic hydroxyl groups excluding tert-OH is 1. The van der Waals surface area contributed by atoms with E-state index in [-0.39, 0.29) is 31.0 Å². The Hall–Kier alpha value is -4.57. The third-order valence-corrected chi connectivity index (χ3v) is 11.0. The highest BCUT2D eigenvalue weighted by Gasteiger charge is 2.34. The largest absolute Gasteiger partial charge is 0.493 e. The van der Waals surface area contributed by atoms with Crippen molar-refractivity contribution in [1.82, 2.24) is 15.1 Å². The molecule has 1 amide bonds. The Morgan fingerprint density at radius 1 is 0.846 bits per heavy atom. The quantitative estimate of drug-likeness (QED) is 0.188. The minimum absolute atomic E-state index is 0.00253. The molecule has 9 nitrogen and oxygen atoms in total. The van der Waals surface area contributed by atoms with Crippen molar-refractivity contribution in [2.45, 2.75) is 70.6 Å². The molecule has 9 heteroatoms. The molecule has 4 aromatic carbocycles. The van der Waals surface area contributed by atoms with Crippen LogP contribution in [0.25, 0.3) is 0 Å². The predicted octanol–water partition coefficient (Wildman–Crippen LogP) is 7.10. The van der Waals surface area contributed by atoms with Gasteiger partial charge in [0.05, 0.1) is 27.2 Å². The fourth-order valence-corrected chi connectivity index (χ4v) is 8.04. The van der Waals surface area contributed by atoms with Crippen LogP contribution in [0.3, 0.4) is 0 Å². The minimum atomic E-state index is -0.159. The van der Waals surface area contributed by atoms with Crippen molar-refractivity contribution >= 4 is 5.91 Å². The lowest BCUT2D eigenvalue weighted by molar-refractivity contribution is -0.120. The highest BCUT2D eigenvalue weighted by molar-refractivity contribution is 5.79. The van der Waals surface area contributed by atoms with E-state index in [0.29, 0.717) is 40.9 Å². The van der Waals surface area contributed by atoms with Crippen LogP contribution >= 0.6 is 0 Å². The number of methoxy groups -OCH3 is 2. The summed E-state index contributed by atoms with van der Waals surface area (Å²) in [5, 5.41) is 13.5. The van der Waals surface area contributed by atoms with Gasteiger partial charge in [0.2, 0.25) is 5.91 Å². The second kappa shape index (κ2) is 15.6. The molecular formula is C43H51N3O6. The summed E-state index contributed by atoms with van der Waals surface area (Å²) in [5.41, 5.74) is 8.45. The smallest absolute Gasteiger partial charge is 0.224 e. The summed E-state index contributed by atoms with van der Waals surface area (Å²) < 4.78 is 25.7. The zero-order valence-corrected chi connectivity index (χ0v) is 31.1. The van der Waals surface area contributed by atoms with Crippen molar-refractivity contribution in [2.24, 2.45) is 0 Å². The van der Waals surface area contributed by atoms with E-state index in [1.54, 1.807) is 14.2 Å². The Bertz CT molecular complexity index is 1930. The van der Waals surface area contributed by atoms with Gasteiger partial charge in [0.25, 0.3) is 0 Å². The summed E-state index contributed by atoms with van der Waals surface area (Å²) in [6.07, 6.45) is 5.42. The van der Waals surface area contributed by atoms with Gasteiger partial charge in [0, 0.05) is 48.4 Å². The molecule has 4 aliphatic heterocycles. The molecule has 0 radical (unpaired) electrons. The summed E-state index contributed by atoms with van der Waals surface area (Å²) in [6.45, 7) is 4.41. The molecule has 0 saturated carbocycles. The molecule has 4 heterocycles. The first kappa shape index (κ1) is 35.8. The molecular weight excluding hydrogens is 654 g/mol. The normalized spacial score (nSPS) is 18.3. The number of unbranched alkanes of at least 4 members (excludes halogenated alkanes) is 1. The minimum Gasteiger partial charge on any atom is -0.493 e. The molecule has 4 aliphatic rings. The predicted molar refractivity (Wildman–Crippen MR) is 202 cm³/mol. The van der Waals surface area contributed by atoms with Crippen molar-refractivity contribution in [3.63, 3.8) is 0 Å². The van der Waals surface area contributed by atoms with Gasteiger partial charge >= 0.3 is 0 Å². The van der Waals surface area contributed by atoms with E-state index in [0.717, 1.165) is 85.2 Å². The number of nitrogens with zero attached hydrogens (tertiary/aromatic N) is 2. The Kier molecular flexibility index (Phi) is 10.7. The molecule has 2 N–H and O–H groups in total. The SMILES string of the molecule is CCCCNC(=O)Cc1ccc2cc1Oc1ccc(cc1)C[C@H]1c3c(cc(CO)c(OC)c3Oc3cc4c(cc3OC)CCN(C)[C@@H]4C2)CCN1C. The molecule has 0 aromatic heterocycles. The standard InChI is InChI=1S/C43H51N3O6/c1-6-7-16-44-40(48)24-30-11-8-28-20-35-34-25-39(38(49-4)23-29(34)14-17-45(35)2)52-43-41-31(22-32(26-47)42(43)50-5)15-18-46(3)36(41)19-27-9-12-33(13-10-27)51-37(30)21-28/h8-13,21-23,25,35-36,47H,6-7,14-20,24,26H2,1-5H3,(H,44,48)/t35-,36+/m1/s1. The number of ether oxygens (including phenoxy) is 4. The number of fused-ring (bicyclic) bond motifs is 2. The van der Waals surface area contributed by atoms with Crippen molar-refractivity contribution in [3.8, 4) is 34.5 Å². The Morgan fingerprint density at radius 3 is 2.31 bits per heavy atom. The van der Waals surface area contributed by atoms with Gasteiger partial charge in [0.15, 0.2) is 23.0 Å². The van der Waals surface area contributed by atoms with Crippen LogP contribution in [0.1, 0.15) is 76.4 Å². The van der Waals surface area contributed by atoms with Crippen LogP contribution in [0.15, 0.2) is 60.7 Å². The van der Waals surface area contributed by atoms with E-state index in [1.807, 2.05) is 18.2 Å². The Morgan fingerprint density at radius 2 is 1.58 bits per heavy atom. The number of hydrogen-bond donors (Lipinski definition) is 2. The number of benzene rings is 4. The number of aliphatic hydroxyl groups is 1. The third kappa shape index (κ3) is 7.22. The summed E-state index contributed by atoms with van der Waals surface area (Å²) in [4.78, 5) is 17.7. The molecule has 52 heavy (non-hydrogen) atoms. The number of likely N-dealkylation sites (N-methyl/N-ethyl adjacent to an activating group) is 2. The number of rotatable bonds is 8. The zero-order chi connectivity index (χ0) is 36.4. The third-order valence-electron chi connectivity index (χ3n) is 11.0. The van der Waals surface area contributed by atoms with Crippen LogP contribution in [0, 0.1) is 0 Å². The van der Waals surface area contributed by atoms with Gasteiger partial charge in [-0.05, 0) is 110 Å². The zero-order valence-electron chi connectivity index (χ0n) is 31.1. The highest BCUT2D eigenvalue weighted by atomic mass is 16.5. The summed E-state index contributed by atoms with van der Waals surface area (Å²) in [7, 11) is 7.65. The van der Waals surface area contributed by atoms with E-state index in [2.05, 4.69) is 78.6 Å². The molecule has 0 spiro atoms. The molecule has 0 unspecified atom stereocenters. The topological polar surface area (TPSA) is 92.7 Å². The van der Waals surface area contributed by atoms with Crippen LogP contribution in [0.4, 0.5) is 0 Å². The Balaban J connectivity index is 1.38. The van der Waals surface area contributed by atoms with Crippen LogP contribution in [0.2, 0.25) is 0 Å². The first-order valence-corrected chi connectivity index (χ1v) is 18.6. The number of carbonyl (C=O) groups excluding carboxylic acids is 1. The average Bonchev–Trinajstić information content (AvgIpc) is 3.15. The van der Waals surface area contributed by atoms with E-state index in [9.17, 15) is 9.90 Å². The number of nitrogens with one attached hydrogen (secondary N) is 1. The lowest BCUT2D eigenvalue weighted by Crippen LogP contribution is -2.34. The number of hydrogen-bond acceptors (Lipinski definition) is 8. The van der Waals surface area contributed by atoms with E-state index in [4.69, 9.17) is 18.9 Å². The fraction of sp³-hybridized carbons (Fsp3) is 0.419. The molecule has 0 fully saturated rings. The van der Waals surface area contributed by atoms with Gasteiger partial charge in [-0.15, -0.1) is 0 Å². The van der Waals surface area contributed by atoms with Crippen LogP contribution in [-0.4, -0.2) is 68.8 Å². The molecule has 4 aromatic rings. The molecule has 274 valence electrons. The molecule has 8 rings (SSSR count).